The monoisotopic (exact) mass is 366 g/mol. The number of halogens is 1. The summed E-state index contributed by atoms with van der Waals surface area (Å²) in [7, 11) is 0. The summed E-state index contributed by atoms with van der Waals surface area (Å²) in [5.41, 5.74) is 9.29. The van der Waals surface area contributed by atoms with E-state index >= 15 is 0 Å². The van der Waals surface area contributed by atoms with Gasteiger partial charge in [-0.25, -0.2) is 0 Å². The number of nitrogens with two attached hydrogens (primary N) is 1. The molecule has 126 valence electrons. The molecule has 0 bridgehead atoms. The highest BCUT2D eigenvalue weighted by Gasteiger charge is 2.21. The van der Waals surface area contributed by atoms with Crippen LogP contribution in [0.15, 0.2) is 84.9 Å². The van der Waals surface area contributed by atoms with Crippen molar-refractivity contribution in [2.24, 2.45) is 5.73 Å². The predicted molar refractivity (Wildman–Crippen MR) is 110 cm³/mol. The number of anilines is 1. The van der Waals surface area contributed by atoms with Crippen LogP contribution in [0.3, 0.4) is 0 Å². The third-order valence-electron chi connectivity index (χ3n) is 4.18. The number of hydrogen-bond donors (Lipinski definition) is 1. The zero-order valence-corrected chi connectivity index (χ0v) is 15.3. The molecule has 0 spiro atoms. The molecule has 0 amide bonds. The molecule has 0 aliphatic heterocycles. The molecule has 2 nitrogen and oxygen atoms in total. The van der Waals surface area contributed by atoms with Crippen LogP contribution in [0.5, 0.6) is 0 Å². The fourth-order valence-corrected chi connectivity index (χ4v) is 3.34. The lowest BCUT2D eigenvalue weighted by Crippen LogP contribution is -2.39. The average Bonchev–Trinajstić information content (AvgIpc) is 2.65. The van der Waals surface area contributed by atoms with Crippen LogP contribution in [0.4, 0.5) is 5.69 Å². The molecule has 0 saturated heterocycles. The first-order chi connectivity index (χ1) is 12.2. The number of benzene rings is 3. The Hall–Kier alpha value is -2.36. The van der Waals surface area contributed by atoms with E-state index in [-0.39, 0.29) is 5.92 Å². The first-order valence-corrected chi connectivity index (χ1v) is 8.87. The van der Waals surface area contributed by atoms with Gasteiger partial charge < -0.3 is 10.6 Å². The van der Waals surface area contributed by atoms with E-state index in [2.05, 4.69) is 24.3 Å². The van der Waals surface area contributed by atoms with E-state index in [9.17, 15) is 0 Å². The first kappa shape index (κ1) is 17.5. The molecular formula is C21H19ClN2S. The van der Waals surface area contributed by atoms with Crippen molar-refractivity contribution in [3.8, 4) is 0 Å². The highest BCUT2D eigenvalue weighted by Crippen LogP contribution is 2.31. The molecule has 0 aliphatic rings. The van der Waals surface area contributed by atoms with Gasteiger partial charge in [-0.1, -0.05) is 84.4 Å². The van der Waals surface area contributed by atoms with Gasteiger partial charge in [0, 0.05) is 12.5 Å². The molecule has 3 aromatic rings. The van der Waals surface area contributed by atoms with Gasteiger partial charge in [-0.15, -0.1) is 0 Å². The lowest BCUT2D eigenvalue weighted by Gasteiger charge is -2.29. The largest absolute Gasteiger partial charge is 0.376 e. The SMILES string of the molecule is NC(=S)N(CC(c1ccccc1)c1ccccc1)c1ccccc1Cl. The van der Waals surface area contributed by atoms with Crippen LogP contribution in [-0.2, 0) is 0 Å². The Bertz CT molecular complexity index is 797. The van der Waals surface area contributed by atoms with E-state index in [1.807, 2.05) is 65.6 Å². The van der Waals surface area contributed by atoms with Crippen molar-refractivity contribution in [2.75, 3.05) is 11.4 Å². The minimum absolute atomic E-state index is 0.125. The van der Waals surface area contributed by atoms with Gasteiger partial charge in [-0.2, -0.15) is 0 Å². The number of para-hydroxylation sites is 1. The molecule has 0 aliphatic carbocycles. The summed E-state index contributed by atoms with van der Waals surface area (Å²) in [6, 6.07) is 28.4. The van der Waals surface area contributed by atoms with Crippen molar-refractivity contribution in [1.29, 1.82) is 0 Å². The lowest BCUT2D eigenvalue weighted by molar-refractivity contribution is 0.805. The molecule has 0 saturated carbocycles. The summed E-state index contributed by atoms with van der Waals surface area (Å²) in [5.74, 6) is 0.125. The lowest BCUT2D eigenvalue weighted by atomic mass is 9.90. The van der Waals surface area contributed by atoms with Gasteiger partial charge in [0.15, 0.2) is 5.11 Å². The predicted octanol–water partition coefficient (Wildman–Crippen LogP) is 5.22. The fraction of sp³-hybridized carbons (Fsp3) is 0.0952. The first-order valence-electron chi connectivity index (χ1n) is 8.08. The summed E-state index contributed by atoms with van der Waals surface area (Å²) in [4.78, 5) is 1.91. The smallest absolute Gasteiger partial charge is 0.170 e. The standard InChI is InChI=1S/C21H19ClN2S/c22-19-13-7-8-14-20(19)24(21(23)25)15-18(16-9-3-1-4-10-16)17-11-5-2-6-12-17/h1-14,18H,15H2,(H2,23,25). The molecule has 25 heavy (non-hydrogen) atoms. The minimum Gasteiger partial charge on any atom is -0.376 e. The highest BCUT2D eigenvalue weighted by atomic mass is 35.5. The summed E-state index contributed by atoms with van der Waals surface area (Å²) in [6.45, 7) is 0.618. The van der Waals surface area contributed by atoms with Crippen molar-refractivity contribution >= 4 is 34.6 Å². The summed E-state index contributed by atoms with van der Waals surface area (Å²) in [5, 5.41) is 0.945. The van der Waals surface area contributed by atoms with Crippen LogP contribution in [0.2, 0.25) is 5.02 Å². The van der Waals surface area contributed by atoms with Crippen molar-refractivity contribution in [3.05, 3.63) is 101 Å². The van der Waals surface area contributed by atoms with Crippen molar-refractivity contribution in [1.82, 2.24) is 0 Å². The van der Waals surface area contributed by atoms with Gasteiger partial charge in [-0.3, -0.25) is 0 Å². The van der Waals surface area contributed by atoms with Gasteiger partial charge in [-0.05, 0) is 35.5 Å². The molecule has 3 aromatic carbocycles. The van der Waals surface area contributed by atoms with Crippen LogP contribution in [0, 0.1) is 0 Å². The fourth-order valence-electron chi connectivity index (χ4n) is 2.93. The maximum atomic E-state index is 6.38. The second-order valence-electron chi connectivity index (χ2n) is 5.77. The van der Waals surface area contributed by atoms with Crippen LogP contribution in [0.25, 0.3) is 0 Å². The molecule has 0 unspecified atom stereocenters. The van der Waals surface area contributed by atoms with Crippen LogP contribution in [-0.4, -0.2) is 11.7 Å². The van der Waals surface area contributed by atoms with Crippen molar-refractivity contribution in [3.63, 3.8) is 0 Å². The topological polar surface area (TPSA) is 29.3 Å². The van der Waals surface area contributed by atoms with Crippen LogP contribution >= 0.6 is 23.8 Å². The Labute approximate surface area is 158 Å². The minimum atomic E-state index is 0.125. The Morgan fingerprint density at radius 1 is 0.840 bits per heavy atom. The van der Waals surface area contributed by atoms with E-state index in [0.717, 1.165) is 5.69 Å². The molecule has 4 heteroatoms. The van der Waals surface area contributed by atoms with E-state index in [0.29, 0.717) is 16.7 Å². The molecular weight excluding hydrogens is 348 g/mol. The van der Waals surface area contributed by atoms with Crippen molar-refractivity contribution in [2.45, 2.75) is 5.92 Å². The van der Waals surface area contributed by atoms with E-state index in [1.54, 1.807) is 0 Å². The quantitative estimate of drug-likeness (QED) is 0.627. The normalized spacial score (nSPS) is 10.6. The van der Waals surface area contributed by atoms with E-state index in [1.165, 1.54) is 11.1 Å². The maximum Gasteiger partial charge on any atom is 0.170 e. The maximum absolute atomic E-state index is 6.38. The Morgan fingerprint density at radius 3 is 1.80 bits per heavy atom. The second kappa shape index (κ2) is 8.15. The highest BCUT2D eigenvalue weighted by molar-refractivity contribution is 7.80. The summed E-state index contributed by atoms with van der Waals surface area (Å²) >= 11 is 11.7. The average molecular weight is 367 g/mol. The number of thiocarbonyl (C=S) groups is 1. The summed E-state index contributed by atoms with van der Waals surface area (Å²) in [6.07, 6.45) is 0. The van der Waals surface area contributed by atoms with E-state index in [4.69, 9.17) is 29.6 Å². The van der Waals surface area contributed by atoms with Gasteiger partial charge in [0.25, 0.3) is 0 Å². The number of hydrogen-bond acceptors (Lipinski definition) is 1. The molecule has 2 N–H and O–H groups in total. The molecule has 3 rings (SSSR count). The Kier molecular flexibility index (Phi) is 5.69. The van der Waals surface area contributed by atoms with Gasteiger partial charge in [0.2, 0.25) is 0 Å². The van der Waals surface area contributed by atoms with Crippen molar-refractivity contribution < 1.29 is 0 Å². The van der Waals surface area contributed by atoms with E-state index < -0.39 is 0 Å². The third kappa shape index (κ3) is 4.19. The molecule has 0 atom stereocenters. The zero-order chi connectivity index (χ0) is 17.6. The van der Waals surface area contributed by atoms with Gasteiger partial charge >= 0.3 is 0 Å². The third-order valence-corrected chi connectivity index (χ3v) is 4.72. The Morgan fingerprint density at radius 2 is 1.32 bits per heavy atom. The number of nitrogens with zero attached hydrogens (tertiary/aromatic N) is 1. The Balaban J connectivity index is 2.01. The molecule has 0 aromatic heterocycles. The van der Waals surface area contributed by atoms with Gasteiger partial charge in [0.1, 0.15) is 0 Å². The van der Waals surface area contributed by atoms with Gasteiger partial charge in [0.05, 0.1) is 10.7 Å². The molecule has 0 fully saturated rings. The molecule has 0 heterocycles. The second-order valence-corrected chi connectivity index (χ2v) is 6.60. The summed E-state index contributed by atoms with van der Waals surface area (Å²) < 4.78 is 0. The molecule has 0 radical (unpaired) electrons. The number of rotatable bonds is 5. The van der Waals surface area contributed by atoms with Crippen LogP contribution < -0.4 is 10.6 Å². The van der Waals surface area contributed by atoms with Crippen LogP contribution in [0.1, 0.15) is 17.0 Å². The zero-order valence-electron chi connectivity index (χ0n) is 13.7.